The van der Waals surface area contributed by atoms with Crippen LogP contribution in [0.3, 0.4) is 0 Å². The first-order chi connectivity index (χ1) is 8.04. The maximum absolute atomic E-state index is 10.6. The number of nitro benzene ring substituents is 1. The van der Waals surface area contributed by atoms with Gasteiger partial charge in [-0.25, -0.2) is 0 Å². The van der Waals surface area contributed by atoms with E-state index in [1.54, 1.807) is 12.1 Å². The lowest BCUT2D eigenvalue weighted by molar-refractivity contribution is -0.384. The van der Waals surface area contributed by atoms with Crippen molar-refractivity contribution in [3.63, 3.8) is 0 Å². The van der Waals surface area contributed by atoms with Crippen LogP contribution in [0.4, 0.5) is 5.69 Å². The molecule has 0 saturated heterocycles. The zero-order valence-corrected chi connectivity index (χ0v) is 12.8. The Bertz CT molecular complexity index is 396. The maximum atomic E-state index is 10.6. The molecule has 0 aliphatic rings. The van der Waals surface area contributed by atoms with Crippen LogP contribution in [0.5, 0.6) is 0 Å². The molecule has 0 saturated carbocycles. The molecule has 17 heavy (non-hydrogen) atoms. The Hall–Kier alpha value is -0.420. The van der Waals surface area contributed by atoms with Crippen LogP contribution in [0.1, 0.15) is 31.7 Å². The van der Waals surface area contributed by atoms with E-state index in [1.165, 1.54) is 0 Å². The number of aryl methyl sites for hydroxylation is 1. The summed E-state index contributed by atoms with van der Waals surface area (Å²) in [7, 11) is 0. The molecule has 0 spiro atoms. The van der Waals surface area contributed by atoms with Gasteiger partial charge in [0.2, 0.25) is 0 Å². The van der Waals surface area contributed by atoms with Gasteiger partial charge in [-0.05, 0) is 24.8 Å². The molecule has 0 fully saturated rings. The first kappa shape index (κ1) is 14.6. The molecule has 0 amide bonds. The number of nitrogens with zero attached hydrogens (tertiary/aromatic N) is 1. The van der Waals surface area contributed by atoms with Gasteiger partial charge in [0.05, 0.1) is 4.92 Å². The average molecular weight is 365 g/mol. The van der Waals surface area contributed by atoms with Gasteiger partial charge in [0.25, 0.3) is 5.69 Å². The zero-order valence-electron chi connectivity index (χ0n) is 9.66. The lowest BCUT2D eigenvalue weighted by atomic mass is 10.1. The van der Waals surface area contributed by atoms with Gasteiger partial charge in [0, 0.05) is 21.4 Å². The van der Waals surface area contributed by atoms with Crippen molar-refractivity contribution in [1.29, 1.82) is 0 Å². The minimum Gasteiger partial charge on any atom is -0.258 e. The topological polar surface area (TPSA) is 43.1 Å². The summed E-state index contributed by atoms with van der Waals surface area (Å²) in [6.45, 7) is 2.16. The molecule has 0 aliphatic heterocycles. The van der Waals surface area contributed by atoms with Crippen LogP contribution in [0, 0.1) is 10.1 Å². The number of non-ortho nitro benzene ring substituents is 1. The van der Waals surface area contributed by atoms with E-state index in [2.05, 4.69) is 38.8 Å². The number of hydrogen-bond acceptors (Lipinski definition) is 2. The molecular weight excluding hydrogens is 350 g/mol. The van der Waals surface area contributed by atoms with Crippen molar-refractivity contribution in [3.05, 3.63) is 38.3 Å². The molecule has 3 nitrogen and oxygen atoms in total. The van der Waals surface area contributed by atoms with Crippen molar-refractivity contribution >= 4 is 37.5 Å². The van der Waals surface area contributed by atoms with E-state index in [1.807, 2.05) is 6.07 Å². The quantitative estimate of drug-likeness (QED) is 0.411. The van der Waals surface area contributed by atoms with E-state index >= 15 is 0 Å². The van der Waals surface area contributed by atoms with Crippen LogP contribution in [0.25, 0.3) is 0 Å². The highest BCUT2D eigenvalue weighted by molar-refractivity contribution is 9.10. The Labute approximate surface area is 118 Å². The number of nitro groups is 1. The molecule has 0 aromatic heterocycles. The minimum atomic E-state index is -0.376. The van der Waals surface area contributed by atoms with Crippen molar-refractivity contribution < 1.29 is 4.92 Å². The largest absolute Gasteiger partial charge is 0.270 e. The van der Waals surface area contributed by atoms with Gasteiger partial charge in [-0.3, -0.25) is 10.1 Å². The number of halogens is 2. The molecule has 1 aromatic rings. The molecule has 0 N–H and O–H groups in total. The fourth-order valence-electron chi connectivity index (χ4n) is 1.62. The third-order valence-electron chi connectivity index (χ3n) is 2.58. The number of alkyl halides is 1. The second kappa shape index (κ2) is 7.11. The molecule has 0 aliphatic carbocycles. The highest BCUT2D eigenvalue weighted by Gasteiger charge is 2.10. The standard InChI is InChI=1S/C12H15Br2NO2/c1-2-3-10(13)6-4-9-5-7-11(15(16)17)8-12(9)14/h5,7-8,10H,2-4,6H2,1H3. The van der Waals surface area contributed by atoms with Crippen LogP contribution in [-0.4, -0.2) is 9.75 Å². The van der Waals surface area contributed by atoms with Gasteiger partial charge in [-0.2, -0.15) is 0 Å². The van der Waals surface area contributed by atoms with E-state index in [9.17, 15) is 10.1 Å². The Balaban J connectivity index is 2.63. The van der Waals surface area contributed by atoms with Crippen LogP contribution in [0.15, 0.2) is 22.7 Å². The maximum Gasteiger partial charge on any atom is 0.270 e. The van der Waals surface area contributed by atoms with E-state index in [0.717, 1.165) is 35.7 Å². The van der Waals surface area contributed by atoms with Crippen molar-refractivity contribution in [1.82, 2.24) is 0 Å². The van der Waals surface area contributed by atoms with Crippen LogP contribution in [-0.2, 0) is 6.42 Å². The number of rotatable bonds is 6. The molecule has 0 heterocycles. The van der Waals surface area contributed by atoms with E-state index in [0.29, 0.717) is 4.83 Å². The van der Waals surface area contributed by atoms with Crippen LogP contribution in [0.2, 0.25) is 0 Å². The van der Waals surface area contributed by atoms with E-state index < -0.39 is 0 Å². The summed E-state index contributed by atoms with van der Waals surface area (Å²) in [6, 6.07) is 4.95. The van der Waals surface area contributed by atoms with Gasteiger partial charge < -0.3 is 0 Å². The smallest absolute Gasteiger partial charge is 0.258 e. The van der Waals surface area contributed by atoms with Gasteiger partial charge in [0.1, 0.15) is 0 Å². The van der Waals surface area contributed by atoms with Crippen molar-refractivity contribution in [2.45, 2.75) is 37.4 Å². The Morgan fingerprint density at radius 2 is 2.12 bits per heavy atom. The molecule has 5 heteroatoms. The third-order valence-corrected chi connectivity index (χ3v) is 4.23. The van der Waals surface area contributed by atoms with E-state index in [4.69, 9.17) is 0 Å². The molecule has 1 unspecified atom stereocenters. The average Bonchev–Trinajstić information content (AvgIpc) is 2.27. The number of hydrogen-bond donors (Lipinski definition) is 0. The lowest BCUT2D eigenvalue weighted by Gasteiger charge is -2.09. The van der Waals surface area contributed by atoms with Gasteiger partial charge in [-0.15, -0.1) is 0 Å². The van der Waals surface area contributed by atoms with Gasteiger partial charge >= 0.3 is 0 Å². The van der Waals surface area contributed by atoms with Crippen molar-refractivity contribution in [2.24, 2.45) is 0 Å². The summed E-state index contributed by atoms with van der Waals surface area (Å²) in [5.41, 5.74) is 1.25. The molecule has 1 atom stereocenters. The molecular formula is C12H15Br2NO2. The predicted octanol–water partition coefficient (Wildman–Crippen LogP) is 4.85. The summed E-state index contributed by atoms with van der Waals surface area (Å²) in [5.74, 6) is 0. The summed E-state index contributed by atoms with van der Waals surface area (Å²) in [6.07, 6.45) is 4.29. The SMILES string of the molecule is CCCC(Br)CCc1ccc([N+](=O)[O-])cc1Br. The molecule has 1 rings (SSSR count). The third kappa shape index (κ3) is 4.76. The molecule has 0 radical (unpaired) electrons. The summed E-state index contributed by atoms with van der Waals surface area (Å²) < 4.78 is 0.822. The lowest BCUT2D eigenvalue weighted by Crippen LogP contribution is -2.00. The summed E-state index contributed by atoms with van der Waals surface area (Å²) in [4.78, 5) is 10.7. The summed E-state index contributed by atoms with van der Waals surface area (Å²) in [5, 5.41) is 10.6. The molecule has 0 bridgehead atoms. The molecule has 94 valence electrons. The predicted molar refractivity (Wildman–Crippen MR) is 76.7 cm³/mol. The van der Waals surface area contributed by atoms with Gasteiger partial charge in [-0.1, -0.05) is 51.3 Å². The zero-order chi connectivity index (χ0) is 12.8. The van der Waals surface area contributed by atoms with Crippen molar-refractivity contribution in [2.75, 3.05) is 0 Å². The fourth-order valence-corrected chi connectivity index (χ4v) is 2.87. The van der Waals surface area contributed by atoms with Crippen molar-refractivity contribution in [3.8, 4) is 0 Å². The Morgan fingerprint density at radius 3 is 2.65 bits per heavy atom. The Morgan fingerprint density at radius 1 is 1.41 bits per heavy atom. The van der Waals surface area contributed by atoms with Crippen LogP contribution < -0.4 is 0 Å². The first-order valence-electron chi connectivity index (χ1n) is 5.61. The van der Waals surface area contributed by atoms with Crippen LogP contribution >= 0.6 is 31.9 Å². The highest BCUT2D eigenvalue weighted by Crippen LogP contribution is 2.25. The highest BCUT2D eigenvalue weighted by atomic mass is 79.9. The van der Waals surface area contributed by atoms with Gasteiger partial charge in [0.15, 0.2) is 0 Å². The molecule has 1 aromatic carbocycles. The fraction of sp³-hybridized carbons (Fsp3) is 0.500. The summed E-state index contributed by atoms with van der Waals surface area (Å²) >= 11 is 7.02. The second-order valence-electron chi connectivity index (χ2n) is 3.96. The monoisotopic (exact) mass is 363 g/mol. The number of benzene rings is 1. The first-order valence-corrected chi connectivity index (χ1v) is 7.32. The normalized spacial score (nSPS) is 12.4. The van der Waals surface area contributed by atoms with E-state index in [-0.39, 0.29) is 10.6 Å². The Kier molecular flexibility index (Phi) is 6.12. The second-order valence-corrected chi connectivity index (χ2v) is 6.11. The minimum absolute atomic E-state index is 0.129.